The Bertz CT molecular complexity index is 575. The first-order chi connectivity index (χ1) is 9.84. The van der Waals surface area contributed by atoms with Crippen LogP contribution in [0.3, 0.4) is 0 Å². The van der Waals surface area contributed by atoms with Crippen molar-refractivity contribution in [2.24, 2.45) is 0 Å². The van der Waals surface area contributed by atoms with E-state index in [-0.39, 0.29) is 21.9 Å². The van der Waals surface area contributed by atoms with E-state index in [9.17, 15) is 14.9 Å². The van der Waals surface area contributed by atoms with Crippen molar-refractivity contribution in [1.29, 1.82) is 0 Å². The number of nitrogens with zero attached hydrogens (tertiary/aromatic N) is 2. The molecule has 0 spiro atoms. The molecule has 1 heterocycles. The van der Waals surface area contributed by atoms with Crippen LogP contribution in [0.1, 0.15) is 24.2 Å². The molecule has 1 aliphatic rings. The van der Waals surface area contributed by atoms with Crippen LogP contribution in [0.2, 0.25) is 0 Å². The molecule has 1 fully saturated rings. The lowest BCUT2D eigenvalue weighted by Crippen LogP contribution is -2.46. The van der Waals surface area contributed by atoms with Gasteiger partial charge in [0, 0.05) is 42.4 Å². The SMILES string of the molecule is CNc1ccc([N+](=O)[O-])c(C(=O)N2CCSC(C)(C)C2)c1. The molecule has 1 saturated heterocycles. The third-order valence-corrected chi connectivity index (χ3v) is 4.72. The minimum absolute atomic E-state index is 0.0245. The lowest BCUT2D eigenvalue weighted by Gasteiger charge is -2.37. The summed E-state index contributed by atoms with van der Waals surface area (Å²) in [5.74, 6) is 0.574. The fraction of sp³-hybridized carbons (Fsp3) is 0.500. The average Bonchev–Trinajstić information content (AvgIpc) is 2.44. The van der Waals surface area contributed by atoms with Crippen molar-refractivity contribution in [3.63, 3.8) is 0 Å². The maximum Gasteiger partial charge on any atom is 0.282 e. The zero-order valence-corrected chi connectivity index (χ0v) is 13.2. The third-order valence-electron chi connectivity index (χ3n) is 3.43. The van der Waals surface area contributed by atoms with Crippen LogP contribution < -0.4 is 5.32 Å². The van der Waals surface area contributed by atoms with Crippen molar-refractivity contribution in [3.8, 4) is 0 Å². The van der Waals surface area contributed by atoms with Crippen molar-refractivity contribution in [2.75, 3.05) is 31.2 Å². The van der Waals surface area contributed by atoms with Crippen LogP contribution in [0.15, 0.2) is 18.2 Å². The van der Waals surface area contributed by atoms with E-state index >= 15 is 0 Å². The number of thioether (sulfide) groups is 1. The van der Waals surface area contributed by atoms with Gasteiger partial charge >= 0.3 is 0 Å². The highest BCUT2D eigenvalue weighted by atomic mass is 32.2. The summed E-state index contributed by atoms with van der Waals surface area (Å²) in [4.78, 5) is 25.0. The fourth-order valence-electron chi connectivity index (χ4n) is 2.38. The maximum atomic E-state index is 12.7. The Balaban J connectivity index is 2.35. The second-order valence-corrected chi connectivity index (χ2v) is 7.38. The van der Waals surface area contributed by atoms with Gasteiger partial charge in [0.05, 0.1) is 4.92 Å². The van der Waals surface area contributed by atoms with Crippen LogP contribution in [-0.2, 0) is 0 Å². The zero-order valence-electron chi connectivity index (χ0n) is 12.4. The van der Waals surface area contributed by atoms with E-state index in [4.69, 9.17) is 0 Å². The predicted molar refractivity (Wildman–Crippen MR) is 85.1 cm³/mol. The zero-order chi connectivity index (χ0) is 15.6. The molecule has 1 aromatic rings. The molecule has 6 nitrogen and oxygen atoms in total. The van der Waals surface area contributed by atoms with Crippen LogP contribution >= 0.6 is 11.8 Å². The Hall–Kier alpha value is -1.76. The number of nitro groups is 1. The van der Waals surface area contributed by atoms with Crippen molar-refractivity contribution in [3.05, 3.63) is 33.9 Å². The number of anilines is 1. The maximum absolute atomic E-state index is 12.7. The summed E-state index contributed by atoms with van der Waals surface area (Å²) in [6, 6.07) is 4.53. The standard InChI is InChI=1S/C14H19N3O3S/c1-14(2)9-16(6-7-21-14)13(18)11-8-10(15-3)4-5-12(11)17(19)20/h4-5,8,15H,6-7,9H2,1-3H3. The smallest absolute Gasteiger partial charge is 0.282 e. The van der Waals surface area contributed by atoms with E-state index in [1.54, 1.807) is 24.1 Å². The van der Waals surface area contributed by atoms with Crippen LogP contribution in [0, 0.1) is 10.1 Å². The number of rotatable bonds is 3. The Morgan fingerprint density at radius 1 is 1.48 bits per heavy atom. The molecule has 21 heavy (non-hydrogen) atoms. The van der Waals surface area contributed by atoms with Crippen molar-refractivity contribution >= 4 is 29.0 Å². The molecule has 0 bridgehead atoms. The number of hydrogen-bond acceptors (Lipinski definition) is 5. The summed E-state index contributed by atoms with van der Waals surface area (Å²) in [6.45, 7) is 5.37. The molecule has 2 rings (SSSR count). The number of nitro benzene ring substituents is 1. The fourth-order valence-corrected chi connectivity index (χ4v) is 3.49. The molecule has 1 aromatic carbocycles. The summed E-state index contributed by atoms with van der Waals surface area (Å²) in [5.41, 5.74) is 0.694. The van der Waals surface area contributed by atoms with Gasteiger partial charge in [-0.2, -0.15) is 11.8 Å². The van der Waals surface area contributed by atoms with Gasteiger partial charge in [-0.25, -0.2) is 0 Å². The Morgan fingerprint density at radius 2 is 2.19 bits per heavy atom. The third kappa shape index (κ3) is 3.47. The molecule has 0 aliphatic carbocycles. The molecule has 0 atom stereocenters. The van der Waals surface area contributed by atoms with Gasteiger partial charge in [-0.05, 0) is 26.0 Å². The normalized spacial score (nSPS) is 17.4. The molecular weight excluding hydrogens is 290 g/mol. The van der Waals surface area contributed by atoms with Gasteiger partial charge in [-0.1, -0.05) is 0 Å². The molecule has 1 amide bonds. The van der Waals surface area contributed by atoms with Gasteiger partial charge in [0.2, 0.25) is 0 Å². The molecule has 1 N–H and O–H groups in total. The van der Waals surface area contributed by atoms with Crippen LogP contribution in [0.5, 0.6) is 0 Å². The second-order valence-electron chi connectivity index (χ2n) is 5.57. The lowest BCUT2D eigenvalue weighted by atomic mass is 10.1. The molecule has 1 aliphatic heterocycles. The van der Waals surface area contributed by atoms with Gasteiger partial charge < -0.3 is 10.2 Å². The Kier molecular flexibility index (Phi) is 4.41. The minimum Gasteiger partial charge on any atom is -0.388 e. The first-order valence-corrected chi connectivity index (χ1v) is 7.72. The lowest BCUT2D eigenvalue weighted by molar-refractivity contribution is -0.385. The largest absolute Gasteiger partial charge is 0.388 e. The highest BCUT2D eigenvalue weighted by Crippen LogP contribution is 2.32. The van der Waals surface area contributed by atoms with Gasteiger partial charge in [0.15, 0.2) is 0 Å². The number of benzene rings is 1. The van der Waals surface area contributed by atoms with Crippen LogP contribution in [-0.4, -0.2) is 46.4 Å². The molecule has 0 unspecified atom stereocenters. The summed E-state index contributed by atoms with van der Waals surface area (Å²) in [6.07, 6.45) is 0. The molecule has 0 saturated carbocycles. The van der Waals surface area contributed by atoms with Gasteiger partial charge in [-0.3, -0.25) is 14.9 Å². The molecule has 7 heteroatoms. The van der Waals surface area contributed by atoms with E-state index in [0.29, 0.717) is 18.8 Å². The summed E-state index contributed by atoms with van der Waals surface area (Å²) < 4.78 is -0.0245. The highest BCUT2D eigenvalue weighted by molar-refractivity contribution is 8.00. The van der Waals surface area contributed by atoms with E-state index in [0.717, 1.165) is 5.75 Å². The van der Waals surface area contributed by atoms with E-state index in [1.807, 2.05) is 11.8 Å². The Morgan fingerprint density at radius 3 is 2.76 bits per heavy atom. The van der Waals surface area contributed by atoms with Gasteiger partial charge in [0.25, 0.3) is 11.6 Å². The summed E-state index contributed by atoms with van der Waals surface area (Å²) in [7, 11) is 1.72. The number of carbonyl (C=O) groups excluding carboxylic acids is 1. The average molecular weight is 309 g/mol. The topological polar surface area (TPSA) is 75.5 Å². The van der Waals surface area contributed by atoms with Crippen molar-refractivity contribution < 1.29 is 9.72 Å². The number of nitrogens with one attached hydrogen (secondary N) is 1. The number of amides is 1. The highest BCUT2D eigenvalue weighted by Gasteiger charge is 2.32. The molecule has 114 valence electrons. The monoisotopic (exact) mass is 309 g/mol. The Labute approximate surface area is 128 Å². The van der Waals surface area contributed by atoms with Crippen LogP contribution in [0.25, 0.3) is 0 Å². The van der Waals surface area contributed by atoms with E-state index < -0.39 is 4.92 Å². The minimum atomic E-state index is -0.503. The van der Waals surface area contributed by atoms with E-state index in [2.05, 4.69) is 19.2 Å². The van der Waals surface area contributed by atoms with Gasteiger partial charge in [-0.15, -0.1) is 0 Å². The van der Waals surface area contributed by atoms with E-state index in [1.165, 1.54) is 6.07 Å². The first-order valence-electron chi connectivity index (χ1n) is 6.73. The quantitative estimate of drug-likeness (QED) is 0.686. The summed E-state index contributed by atoms with van der Waals surface area (Å²) >= 11 is 1.81. The van der Waals surface area contributed by atoms with Crippen molar-refractivity contribution in [1.82, 2.24) is 4.90 Å². The summed E-state index contributed by atoms with van der Waals surface area (Å²) in [5, 5.41) is 14.1. The molecular formula is C14H19N3O3S. The first kappa shape index (κ1) is 15.6. The predicted octanol–water partition coefficient (Wildman–Crippen LogP) is 2.60. The van der Waals surface area contributed by atoms with Crippen molar-refractivity contribution in [2.45, 2.75) is 18.6 Å². The number of hydrogen-bond donors (Lipinski definition) is 1. The molecule has 0 aromatic heterocycles. The number of carbonyl (C=O) groups is 1. The van der Waals surface area contributed by atoms with Crippen LogP contribution in [0.4, 0.5) is 11.4 Å². The molecule has 0 radical (unpaired) electrons. The second kappa shape index (κ2) is 5.93. The van der Waals surface area contributed by atoms with Gasteiger partial charge in [0.1, 0.15) is 5.56 Å².